The molecule has 0 radical (unpaired) electrons. The number of aromatic nitrogens is 1. The van der Waals surface area contributed by atoms with Crippen LogP contribution in [0.3, 0.4) is 0 Å². The van der Waals surface area contributed by atoms with E-state index < -0.39 is 0 Å². The largest absolute Gasteiger partial charge is 0.489 e. The third-order valence-electron chi connectivity index (χ3n) is 7.87. The Balaban J connectivity index is 0.00000353. The minimum Gasteiger partial charge on any atom is -0.489 e. The van der Waals surface area contributed by atoms with Crippen LogP contribution in [0.1, 0.15) is 46.4 Å². The van der Waals surface area contributed by atoms with E-state index in [2.05, 4.69) is 54.0 Å². The number of carbonyl (C=O) groups is 1. The van der Waals surface area contributed by atoms with Crippen molar-refractivity contribution in [3.63, 3.8) is 0 Å². The number of halogens is 1. The van der Waals surface area contributed by atoms with Gasteiger partial charge in [0.25, 0.3) is 5.91 Å². The van der Waals surface area contributed by atoms with Crippen LogP contribution in [0, 0.1) is 0 Å². The molecule has 1 aliphatic rings. The Kier molecular flexibility index (Phi) is 9.52. The molecule has 0 fully saturated rings. The van der Waals surface area contributed by atoms with Crippen LogP contribution in [0.15, 0.2) is 109 Å². The van der Waals surface area contributed by atoms with Gasteiger partial charge in [0.1, 0.15) is 12.3 Å². The quantitative estimate of drug-likeness (QED) is 0.170. The van der Waals surface area contributed by atoms with Crippen molar-refractivity contribution < 1.29 is 9.53 Å². The lowest BCUT2D eigenvalue weighted by molar-refractivity contribution is 0.0933. The maximum absolute atomic E-state index is 14.1. The molecular formula is C36H36ClN3O2. The summed E-state index contributed by atoms with van der Waals surface area (Å²) in [5, 5.41) is 7.73. The summed E-state index contributed by atoms with van der Waals surface area (Å²) in [5.74, 6) is 0.359. The van der Waals surface area contributed by atoms with Crippen molar-refractivity contribution in [2.75, 3.05) is 13.2 Å². The summed E-state index contributed by atoms with van der Waals surface area (Å²) in [4.78, 5) is 19.1. The highest BCUT2D eigenvalue weighted by Crippen LogP contribution is 2.37. The van der Waals surface area contributed by atoms with Gasteiger partial charge in [-0.15, -0.1) is 12.4 Å². The third kappa shape index (κ3) is 6.33. The van der Waals surface area contributed by atoms with Gasteiger partial charge in [-0.25, -0.2) is 4.98 Å². The van der Waals surface area contributed by atoms with Gasteiger partial charge in [0.2, 0.25) is 0 Å². The van der Waals surface area contributed by atoms with Gasteiger partial charge < -0.3 is 15.4 Å². The molecule has 214 valence electrons. The van der Waals surface area contributed by atoms with E-state index in [0.29, 0.717) is 36.2 Å². The fourth-order valence-corrected chi connectivity index (χ4v) is 5.81. The second kappa shape index (κ2) is 13.6. The molecule has 1 amide bonds. The second-order valence-corrected chi connectivity index (χ2v) is 10.6. The van der Waals surface area contributed by atoms with Crippen LogP contribution in [-0.4, -0.2) is 30.1 Å². The summed E-state index contributed by atoms with van der Waals surface area (Å²) in [6.45, 7) is 3.17. The zero-order chi connectivity index (χ0) is 28.0. The lowest BCUT2D eigenvalue weighted by atomic mass is 10.00. The van der Waals surface area contributed by atoms with Gasteiger partial charge in [-0.1, -0.05) is 110 Å². The fraction of sp³-hybridized carbons (Fsp3) is 0.222. The number of amides is 1. The molecule has 0 bridgehead atoms. The molecule has 0 saturated heterocycles. The maximum atomic E-state index is 14.1. The molecule has 1 heterocycles. The molecule has 1 unspecified atom stereocenters. The molecule has 0 saturated carbocycles. The van der Waals surface area contributed by atoms with Gasteiger partial charge in [0, 0.05) is 23.5 Å². The Morgan fingerprint density at radius 1 is 0.857 bits per heavy atom. The van der Waals surface area contributed by atoms with Gasteiger partial charge in [0.05, 0.1) is 17.1 Å². The normalized spacial score (nSPS) is 13.3. The van der Waals surface area contributed by atoms with Gasteiger partial charge in [-0.2, -0.15) is 0 Å². The van der Waals surface area contributed by atoms with Crippen molar-refractivity contribution in [3.05, 3.63) is 131 Å². The molecule has 42 heavy (non-hydrogen) atoms. The maximum Gasteiger partial charge on any atom is 0.256 e. The van der Waals surface area contributed by atoms with Crippen molar-refractivity contribution in [1.82, 2.24) is 15.6 Å². The van der Waals surface area contributed by atoms with E-state index in [1.165, 1.54) is 11.1 Å². The number of hydrogen-bond acceptors (Lipinski definition) is 4. The van der Waals surface area contributed by atoms with Crippen molar-refractivity contribution in [1.29, 1.82) is 0 Å². The van der Waals surface area contributed by atoms with E-state index in [-0.39, 0.29) is 24.4 Å². The van der Waals surface area contributed by atoms with Crippen LogP contribution in [0.4, 0.5) is 0 Å². The highest BCUT2D eigenvalue weighted by atomic mass is 35.5. The van der Waals surface area contributed by atoms with Crippen LogP contribution >= 0.6 is 12.4 Å². The molecule has 6 heteroatoms. The van der Waals surface area contributed by atoms with Crippen LogP contribution in [0.2, 0.25) is 0 Å². The summed E-state index contributed by atoms with van der Waals surface area (Å²) < 4.78 is 6.52. The van der Waals surface area contributed by atoms with Crippen LogP contribution in [-0.2, 0) is 12.8 Å². The summed E-state index contributed by atoms with van der Waals surface area (Å²) in [7, 11) is 0. The Morgan fingerprint density at radius 3 is 2.17 bits per heavy atom. The Morgan fingerprint density at radius 2 is 1.48 bits per heavy atom. The average Bonchev–Trinajstić information content (AvgIpc) is 3.45. The van der Waals surface area contributed by atoms with Crippen molar-refractivity contribution in [2.45, 2.75) is 38.3 Å². The summed E-state index contributed by atoms with van der Waals surface area (Å²) in [6.07, 6.45) is 2.82. The van der Waals surface area contributed by atoms with Gasteiger partial charge in [-0.3, -0.25) is 4.79 Å². The van der Waals surface area contributed by atoms with E-state index in [4.69, 9.17) is 9.72 Å². The number of para-hydroxylation sites is 1. The average molecular weight is 578 g/mol. The van der Waals surface area contributed by atoms with Crippen molar-refractivity contribution in [3.8, 4) is 17.0 Å². The number of nitrogens with one attached hydrogen (secondary N) is 2. The van der Waals surface area contributed by atoms with E-state index in [9.17, 15) is 4.79 Å². The van der Waals surface area contributed by atoms with E-state index in [1.54, 1.807) is 0 Å². The number of hydrogen-bond donors (Lipinski definition) is 2. The molecule has 6 rings (SSSR count). The zero-order valence-electron chi connectivity index (χ0n) is 23.8. The first kappa shape index (κ1) is 29.3. The Hall–Kier alpha value is -4.19. The van der Waals surface area contributed by atoms with E-state index in [0.717, 1.165) is 41.3 Å². The molecule has 1 atom stereocenters. The first-order chi connectivity index (χ1) is 20.2. The Bertz CT molecular complexity index is 1620. The van der Waals surface area contributed by atoms with Crippen LogP contribution < -0.4 is 15.4 Å². The zero-order valence-corrected chi connectivity index (χ0v) is 24.6. The van der Waals surface area contributed by atoms with Crippen molar-refractivity contribution >= 4 is 29.2 Å². The first-order valence-electron chi connectivity index (χ1n) is 14.5. The Labute approximate surface area is 253 Å². The molecule has 5 nitrogen and oxygen atoms in total. The second-order valence-electron chi connectivity index (χ2n) is 10.6. The van der Waals surface area contributed by atoms with Crippen LogP contribution in [0.5, 0.6) is 5.75 Å². The molecule has 1 aromatic heterocycles. The topological polar surface area (TPSA) is 63.2 Å². The summed E-state index contributed by atoms with van der Waals surface area (Å²) in [6, 6.07) is 36.8. The first-order valence-corrected chi connectivity index (χ1v) is 14.5. The summed E-state index contributed by atoms with van der Waals surface area (Å²) in [5.41, 5.74) is 6.79. The van der Waals surface area contributed by atoms with Crippen LogP contribution in [0.25, 0.3) is 22.2 Å². The minimum absolute atomic E-state index is 0. The number of pyridine rings is 1. The van der Waals surface area contributed by atoms with Crippen molar-refractivity contribution in [2.24, 2.45) is 0 Å². The number of fused-ring (bicyclic) bond motifs is 2. The highest BCUT2D eigenvalue weighted by Gasteiger charge is 2.25. The number of nitrogens with zero attached hydrogens (tertiary/aromatic N) is 1. The lowest BCUT2D eigenvalue weighted by Crippen LogP contribution is -2.33. The molecule has 1 aliphatic carbocycles. The molecule has 0 spiro atoms. The monoisotopic (exact) mass is 577 g/mol. The van der Waals surface area contributed by atoms with Gasteiger partial charge in [0.15, 0.2) is 5.75 Å². The highest BCUT2D eigenvalue weighted by molar-refractivity contribution is 6.10. The smallest absolute Gasteiger partial charge is 0.256 e. The third-order valence-corrected chi connectivity index (χ3v) is 7.87. The predicted octanol–water partition coefficient (Wildman–Crippen LogP) is 7.34. The molecule has 4 aromatic carbocycles. The number of benzene rings is 4. The molecule has 0 aliphatic heterocycles. The molecule has 2 N–H and O–H groups in total. The van der Waals surface area contributed by atoms with E-state index >= 15 is 0 Å². The van der Waals surface area contributed by atoms with Gasteiger partial charge in [-0.05, 0) is 42.0 Å². The number of rotatable bonds is 10. The summed E-state index contributed by atoms with van der Waals surface area (Å²) >= 11 is 0. The minimum atomic E-state index is -0.161. The van der Waals surface area contributed by atoms with Gasteiger partial charge >= 0.3 is 0 Å². The SMILES string of the molecule is CCC(NC(=O)c1c(OCCNC2Cc3ccccc3C2)c(-c2ccccc2)nc2ccccc12)c1ccccc1.Cl. The van der Waals surface area contributed by atoms with E-state index in [1.807, 2.05) is 72.8 Å². The molecule has 5 aromatic rings. The standard InChI is InChI=1S/C36H35N3O2.ClH/c1-2-31(25-13-5-3-6-14-25)39-36(40)33-30-19-11-12-20-32(30)38-34(26-15-7-4-8-16-26)35(33)41-22-21-37-29-23-27-17-9-10-18-28(27)24-29;/h3-20,29,31,37H,2,21-24H2,1H3,(H,39,40);1H. The number of ether oxygens (including phenoxy) is 1. The molecular weight excluding hydrogens is 542 g/mol. The number of carbonyl (C=O) groups excluding carboxylic acids is 1. The lowest BCUT2D eigenvalue weighted by Gasteiger charge is -2.22. The fourth-order valence-electron chi connectivity index (χ4n) is 5.81. The predicted molar refractivity (Wildman–Crippen MR) is 173 cm³/mol.